The van der Waals surface area contributed by atoms with Crippen LogP contribution in [0.25, 0.3) is 0 Å². The van der Waals surface area contributed by atoms with Gasteiger partial charge in [0.15, 0.2) is 0 Å². The Balaban J connectivity index is 2.27. The van der Waals surface area contributed by atoms with Gasteiger partial charge in [0.2, 0.25) is 0 Å². The average molecular weight is 220 g/mol. The molecule has 1 aromatic carbocycles. The Hall–Kier alpha value is -1.51. The van der Waals surface area contributed by atoms with Gasteiger partial charge in [-0.15, -0.1) is 0 Å². The molecule has 0 unspecified atom stereocenters. The van der Waals surface area contributed by atoms with Gasteiger partial charge in [0.05, 0.1) is 6.42 Å². The van der Waals surface area contributed by atoms with Gasteiger partial charge < -0.3 is 9.84 Å². The van der Waals surface area contributed by atoms with Crippen LogP contribution in [0.1, 0.15) is 31.4 Å². The molecule has 86 valence electrons. The van der Waals surface area contributed by atoms with Crippen molar-refractivity contribution in [3.8, 4) is 5.75 Å². The summed E-state index contributed by atoms with van der Waals surface area (Å²) in [4.78, 5) is 10.6. The van der Waals surface area contributed by atoms with Gasteiger partial charge >= 0.3 is 5.97 Å². The Morgan fingerprint density at radius 3 is 2.94 bits per heavy atom. The Morgan fingerprint density at radius 1 is 1.50 bits per heavy atom. The van der Waals surface area contributed by atoms with Crippen molar-refractivity contribution < 1.29 is 14.6 Å². The summed E-state index contributed by atoms with van der Waals surface area (Å²) in [5.74, 6) is 0.0324. The van der Waals surface area contributed by atoms with Crippen molar-refractivity contribution in [2.45, 2.75) is 38.7 Å². The highest BCUT2D eigenvalue weighted by Crippen LogP contribution is 2.33. The lowest BCUT2D eigenvalue weighted by Gasteiger charge is -2.32. The predicted molar refractivity (Wildman–Crippen MR) is 60.8 cm³/mol. The molecule has 0 amide bonds. The van der Waals surface area contributed by atoms with E-state index in [9.17, 15) is 4.79 Å². The molecule has 0 bridgehead atoms. The van der Waals surface area contributed by atoms with E-state index in [1.807, 2.05) is 18.2 Å². The second kappa shape index (κ2) is 3.81. The van der Waals surface area contributed by atoms with Gasteiger partial charge in [-0.05, 0) is 43.9 Å². The van der Waals surface area contributed by atoms with Crippen LogP contribution >= 0.6 is 0 Å². The van der Waals surface area contributed by atoms with Crippen LogP contribution in [0.3, 0.4) is 0 Å². The maximum atomic E-state index is 10.6. The third-order valence-corrected chi connectivity index (χ3v) is 2.87. The third-order valence-electron chi connectivity index (χ3n) is 2.87. The molecule has 1 aromatic rings. The summed E-state index contributed by atoms with van der Waals surface area (Å²) in [6.07, 6.45) is 2.05. The average Bonchev–Trinajstić information content (AvgIpc) is 2.14. The minimum absolute atomic E-state index is 0.0526. The van der Waals surface area contributed by atoms with E-state index in [1.54, 1.807) is 0 Å². The number of carboxylic acids is 1. The van der Waals surface area contributed by atoms with Crippen molar-refractivity contribution in [3.63, 3.8) is 0 Å². The summed E-state index contributed by atoms with van der Waals surface area (Å²) in [5, 5.41) is 8.73. The van der Waals surface area contributed by atoms with E-state index in [1.165, 1.54) is 5.56 Å². The lowest BCUT2D eigenvalue weighted by molar-refractivity contribution is -0.136. The number of rotatable bonds is 2. The van der Waals surface area contributed by atoms with Crippen LogP contribution in [0.2, 0.25) is 0 Å². The topological polar surface area (TPSA) is 46.5 Å². The Labute approximate surface area is 95.0 Å². The fourth-order valence-corrected chi connectivity index (χ4v) is 1.97. The van der Waals surface area contributed by atoms with Crippen LogP contribution in [0.4, 0.5) is 0 Å². The van der Waals surface area contributed by atoms with Gasteiger partial charge in [-0.25, -0.2) is 0 Å². The van der Waals surface area contributed by atoms with Crippen LogP contribution < -0.4 is 4.74 Å². The first-order valence-electron chi connectivity index (χ1n) is 5.49. The highest BCUT2D eigenvalue weighted by Gasteiger charge is 2.26. The summed E-state index contributed by atoms with van der Waals surface area (Å²) in [5.41, 5.74) is 1.83. The van der Waals surface area contributed by atoms with Crippen molar-refractivity contribution in [3.05, 3.63) is 29.3 Å². The zero-order chi connectivity index (χ0) is 11.8. The fraction of sp³-hybridized carbons (Fsp3) is 0.462. The maximum absolute atomic E-state index is 10.6. The van der Waals surface area contributed by atoms with E-state index in [0.717, 1.165) is 24.2 Å². The fourth-order valence-electron chi connectivity index (χ4n) is 1.97. The van der Waals surface area contributed by atoms with E-state index < -0.39 is 5.97 Å². The smallest absolute Gasteiger partial charge is 0.307 e. The summed E-state index contributed by atoms with van der Waals surface area (Å²) in [6, 6.07) is 5.70. The molecule has 0 atom stereocenters. The van der Waals surface area contributed by atoms with Crippen LogP contribution in [0.15, 0.2) is 18.2 Å². The van der Waals surface area contributed by atoms with Gasteiger partial charge in [-0.3, -0.25) is 4.79 Å². The number of carboxylic acid groups (broad SMARTS) is 1. The Bertz CT molecular complexity index is 421. The third kappa shape index (κ3) is 2.35. The molecule has 1 N–H and O–H groups in total. The molecule has 1 aliphatic rings. The molecule has 0 saturated heterocycles. The van der Waals surface area contributed by atoms with Crippen LogP contribution in [0, 0.1) is 0 Å². The van der Waals surface area contributed by atoms with Gasteiger partial charge in [-0.2, -0.15) is 0 Å². The van der Waals surface area contributed by atoms with E-state index in [0.29, 0.717) is 0 Å². The van der Waals surface area contributed by atoms with Gasteiger partial charge in [0, 0.05) is 0 Å². The zero-order valence-electron chi connectivity index (χ0n) is 9.62. The normalized spacial score (nSPS) is 17.4. The molecule has 0 saturated carbocycles. The molecule has 3 nitrogen and oxygen atoms in total. The number of aliphatic carboxylic acids is 1. The number of ether oxygens (including phenoxy) is 1. The molecule has 0 aliphatic carbocycles. The van der Waals surface area contributed by atoms with Crippen LogP contribution in [-0.2, 0) is 17.6 Å². The number of fused-ring (bicyclic) bond motifs is 1. The van der Waals surface area contributed by atoms with Gasteiger partial charge in [0.25, 0.3) is 0 Å². The number of aryl methyl sites for hydroxylation is 1. The number of hydrogen-bond acceptors (Lipinski definition) is 2. The molecule has 2 rings (SSSR count). The molecule has 16 heavy (non-hydrogen) atoms. The summed E-state index contributed by atoms with van der Waals surface area (Å²) >= 11 is 0. The van der Waals surface area contributed by atoms with Gasteiger partial charge in [0.1, 0.15) is 11.4 Å². The predicted octanol–water partition coefficient (Wildman–Crippen LogP) is 2.42. The zero-order valence-corrected chi connectivity index (χ0v) is 9.62. The molecule has 1 aliphatic heterocycles. The lowest BCUT2D eigenvalue weighted by atomic mass is 9.93. The van der Waals surface area contributed by atoms with Gasteiger partial charge in [-0.1, -0.05) is 12.1 Å². The summed E-state index contributed by atoms with van der Waals surface area (Å²) < 4.78 is 5.85. The van der Waals surface area contributed by atoms with Crippen LogP contribution in [0.5, 0.6) is 5.75 Å². The second-order valence-electron chi connectivity index (χ2n) is 4.87. The van der Waals surface area contributed by atoms with Crippen molar-refractivity contribution >= 4 is 5.97 Å². The maximum Gasteiger partial charge on any atom is 0.307 e. The molecule has 0 radical (unpaired) electrons. The number of hydrogen-bond donors (Lipinski definition) is 1. The van der Waals surface area contributed by atoms with E-state index in [4.69, 9.17) is 9.84 Å². The SMILES string of the molecule is CC1(C)CCc2ccc(CC(=O)O)cc2O1. The number of carbonyl (C=O) groups is 1. The quantitative estimate of drug-likeness (QED) is 0.832. The van der Waals surface area contributed by atoms with E-state index in [2.05, 4.69) is 13.8 Å². The monoisotopic (exact) mass is 220 g/mol. The molecule has 0 fully saturated rings. The molecule has 0 aromatic heterocycles. The molecule has 0 spiro atoms. The summed E-state index contributed by atoms with van der Waals surface area (Å²) in [6.45, 7) is 4.11. The minimum Gasteiger partial charge on any atom is -0.488 e. The van der Waals surface area contributed by atoms with Crippen LogP contribution in [-0.4, -0.2) is 16.7 Å². The molecular weight excluding hydrogens is 204 g/mol. The standard InChI is InChI=1S/C13H16O3/c1-13(2)6-5-10-4-3-9(8-12(14)15)7-11(10)16-13/h3-4,7H,5-6,8H2,1-2H3,(H,14,15). The Kier molecular flexibility index (Phi) is 2.62. The largest absolute Gasteiger partial charge is 0.488 e. The number of benzene rings is 1. The van der Waals surface area contributed by atoms with E-state index in [-0.39, 0.29) is 12.0 Å². The molecule has 1 heterocycles. The van der Waals surface area contributed by atoms with Crippen molar-refractivity contribution in [2.24, 2.45) is 0 Å². The highest BCUT2D eigenvalue weighted by atomic mass is 16.5. The van der Waals surface area contributed by atoms with Crippen molar-refractivity contribution in [2.75, 3.05) is 0 Å². The Morgan fingerprint density at radius 2 is 2.25 bits per heavy atom. The van der Waals surface area contributed by atoms with Crippen molar-refractivity contribution in [1.29, 1.82) is 0 Å². The highest BCUT2D eigenvalue weighted by molar-refractivity contribution is 5.70. The van der Waals surface area contributed by atoms with E-state index >= 15 is 0 Å². The summed E-state index contributed by atoms with van der Waals surface area (Å²) in [7, 11) is 0. The molecule has 3 heteroatoms. The molecular formula is C13H16O3. The first kappa shape index (κ1) is 11.0. The minimum atomic E-state index is -0.810. The first-order chi connectivity index (χ1) is 7.46. The van der Waals surface area contributed by atoms with Crippen molar-refractivity contribution in [1.82, 2.24) is 0 Å². The second-order valence-corrected chi connectivity index (χ2v) is 4.87. The first-order valence-corrected chi connectivity index (χ1v) is 5.49. The lowest BCUT2D eigenvalue weighted by Crippen LogP contribution is -2.32.